The van der Waals surface area contributed by atoms with Crippen LogP contribution in [0.3, 0.4) is 0 Å². The van der Waals surface area contributed by atoms with Gasteiger partial charge in [-0.2, -0.15) is 0 Å². The van der Waals surface area contributed by atoms with Crippen LogP contribution in [0.25, 0.3) is 0 Å². The summed E-state index contributed by atoms with van der Waals surface area (Å²) in [6.07, 6.45) is 7.82. The number of rotatable bonds is 1. The molecule has 0 aromatic heterocycles. The quantitative estimate of drug-likeness (QED) is 0.675. The fraction of sp³-hybridized carbons (Fsp3) is 1.00. The molecular weight excluding hydrogens is 196 g/mol. The number of hydrogen-bond donors (Lipinski definition) is 0. The highest BCUT2D eigenvalue weighted by molar-refractivity contribution is 4.83. The van der Waals surface area contributed by atoms with E-state index in [1.807, 2.05) is 0 Å². The van der Waals surface area contributed by atoms with Gasteiger partial charge in [0.15, 0.2) is 0 Å². The van der Waals surface area contributed by atoms with Crippen LogP contribution in [0, 0.1) is 5.41 Å². The molecule has 2 heteroatoms. The van der Waals surface area contributed by atoms with Gasteiger partial charge in [0.05, 0.1) is 6.17 Å². The minimum atomic E-state index is 0.440. The molecule has 2 rings (SSSR count). The second kappa shape index (κ2) is 5.05. The summed E-state index contributed by atoms with van der Waals surface area (Å²) in [5.41, 5.74) is 0.440. The molecule has 0 radical (unpaired) electrons. The highest BCUT2D eigenvalue weighted by Gasteiger charge is 2.31. The van der Waals surface area contributed by atoms with Crippen LogP contribution >= 0.6 is 0 Å². The summed E-state index contributed by atoms with van der Waals surface area (Å²) >= 11 is 0. The Morgan fingerprint density at radius 1 is 0.938 bits per heavy atom. The maximum atomic E-state index is 2.74. The second-order valence-electron chi connectivity index (χ2n) is 6.75. The predicted octanol–water partition coefficient (Wildman–Crippen LogP) is 2.94. The van der Waals surface area contributed by atoms with E-state index in [0.717, 1.165) is 6.17 Å². The van der Waals surface area contributed by atoms with Crippen LogP contribution in [-0.2, 0) is 0 Å². The molecule has 16 heavy (non-hydrogen) atoms. The molecule has 0 aliphatic carbocycles. The Morgan fingerprint density at radius 2 is 1.69 bits per heavy atom. The Bertz CT molecular complexity index is 219. The predicted molar refractivity (Wildman–Crippen MR) is 69.5 cm³/mol. The van der Waals surface area contributed by atoms with Crippen molar-refractivity contribution in [3.8, 4) is 0 Å². The monoisotopic (exact) mass is 224 g/mol. The second-order valence-corrected chi connectivity index (χ2v) is 6.75. The summed E-state index contributed by atoms with van der Waals surface area (Å²) in [7, 11) is 0. The molecule has 1 unspecified atom stereocenters. The van der Waals surface area contributed by atoms with Crippen molar-refractivity contribution in [3.63, 3.8) is 0 Å². The van der Waals surface area contributed by atoms with Gasteiger partial charge in [-0.25, -0.2) is 0 Å². The maximum absolute atomic E-state index is 2.74. The molecule has 0 spiro atoms. The van der Waals surface area contributed by atoms with E-state index in [2.05, 4.69) is 30.6 Å². The van der Waals surface area contributed by atoms with Gasteiger partial charge < -0.3 is 0 Å². The van der Waals surface area contributed by atoms with Gasteiger partial charge in [-0.05, 0) is 31.2 Å². The van der Waals surface area contributed by atoms with Crippen molar-refractivity contribution in [2.45, 2.75) is 59.0 Å². The van der Waals surface area contributed by atoms with E-state index < -0.39 is 0 Å². The number of hydrogen-bond acceptors (Lipinski definition) is 2. The topological polar surface area (TPSA) is 6.48 Å². The van der Waals surface area contributed by atoms with Gasteiger partial charge in [0.1, 0.15) is 0 Å². The molecule has 2 aliphatic rings. The molecule has 0 bridgehead atoms. The van der Waals surface area contributed by atoms with Crippen LogP contribution in [0.4, 0.5) is 0 Å². The molecule has 0 aromatic carbocycles. The van der Waals surface area contributed by atoms with E-state index in [-0.39, 0.29) is 0 Å². The van der Waals surface area contributed by atoms with Gasteiger partial charge in [-0.15, -0.1) is 0 Å². The average molecular weight is 224 g/mol. The molecule has 0 aromatic rings. The van der Waals surface area contributed by atoms with Crippen molar-refractivity contribution in [3.05, 3.63) is 0 Å². The zero-order chi connectivity index (χ0) is 11.6. The molecule has 2 fully saturated rings. The SMILES string of the molecule is CC(C)(C)CN1CCCN2CCCCCC21. The van der Waals surface area contributed by atoms with Gasteiger partial charge in [0.25, 0.3) is 0 Å². The van der Waals surface area contributed by atoms with Crippen LogP contribution < -0.4 is 0 Å². The van der Waals surface area contributed by atoms with Crippen molar-refractivity contribution in [2.24, 2.45) is 5.41 Å². The molecule has 1 atom stereocenters. The van der Waals surface area contributed by atoms with Gasteiger partial charge in [0, 0.05) is 19.6 Å². The fourth-order valence-electron chi connectivity index (χ4n) is 3.24. The Balaban J connectivity index is 2.00. The summed E-state index contributed by atoms with van der Waals surface area (Å²) in [4.78, 5) is 5.48. The number of nitrogens with zero attached hydrogens (tertiary/aromatic N) is 2. The molecular formula is C14H28N2. The normalized spacial score (nSPS) is 29.8. The van der Waals surface area contributed by atoms with Crippen LogP contribution in [-0.4, -0.2) is 42.1 Å². The third-order valence-corrected chi connectivity index (χ3v) is 3.82. The van der Waals surface area contributed by atoms with Gasteiger partial charge >= 0.3 is 0 Å². The lowest BCUT2D eigenvalue weighted by Gasteiger charge is -2.45. The summed E-state index contributed by atoms with van der Waals surface area (Å²) in [6.45, 7) is 12.3. The van der Waals surface area contributed by atoms with Gasteiger partial charge in [0.2, 0.25) is 0 Å². The van der Waals surface area contributed by atoms with E-state index >= 15 is 0 Å². The Morgan fingerprint density at radius 3 is 2.44 bits per heavy atom. The van der Waals surface area contributed by atoms with E-state index in [0.29, 0.717) is 5.41 Å². The maximum Gasteiger partial charge on any atom is 0.0622 e. The van der Waals surface area contributed by atoms with E-state index in [4.69, 9.17) is 0 Å². The van der Waals surface area contributed by atoms with Crippen LogP contribution in [0.5, 0.6) is 0 Å². The molecule has 2 saturated heterocycles. The standard InChI is InChI=1S/C14H28N2/c1-14(2,3)12-16-11-7-10-15-9-6-4-5-8-13(15)16/h13H,4-12H2,1-3H3. The summed E-state index contributed by atoms with van der Waals surface area (Å²) in [5, 5.41) is 0. The molecule has 2 heterocycles. The summed E-state index contributed by atoms with van der Waals surface area (Å²) in [6, 6.07) is 0. The lowest BCUT2D eigenvalue weighted by atomic mass is 9.94. The third kappa shape index (κ3) is 3.21. The molecule has 0 saturated carbocycles. The minimum Gasteiger partial charge on any atom is -0.288 e. The highest BCUT2D eigenvalue weighted by Crippen LogP contribution is 2.27. The largest absolute Gasteiger partial charge is 0.288 e. The Kier molecular flexibility index (Phi) is 3.91. The number of fused-ring (bicyclic) bond motifs is 1. The molecule has 94 valence electrons. The fourth-order valence-corrected chi connectivity index (χ4v) is 3.24. The van der Waals surface area contributed by atoms with Crippen LogP contribution in [0.1, 0.15) is 52.9 Å². The first kappa shape index (κ1) is 12.4. The van der Waals surface area contributed by atoms with Crippen molar-refractivity contribution >= 4 is 0 Å². The molecule has 0 N–H and O–H groups in total. The summed E-state index contributed by atoms with van der Waals surface area (Å²) < 4.78 is 0. The first-order valence-electron chi connectivity index (χ1n) is 7.04. The Hall–Kier alpha value is -0.0800. The van der Waals surface area contributed by atoms with Crippen molar-refractivity contribution in [1.82, 2.24) is 9.80 Å². The Labute approximate surface area is 101 Å². The lowest BCUT2D eigenvalue weighted by molar-refractivity contribution is -0.0129. The van der Waals surface area contributed by atoms with Crippen molar-refractivity contribution in [2.75, 3.05) is 26.2 Å². The van der Waals surface area contributed by atoms with Crippen LogP contribution in [0.2, 0.25) is 0 Å². The zero-order valence-corrected chi connectivity index (χ0v) is 11.3. The van der Waals surface area contributed by atoms with Crippen molar-refractivity contribution in [1.29, 1.82) is 0 Å². The lowest BCUT2D eigenvalue weighted by Crippen LogP contribution is -2.55. The van der Waals surface area contributed by atoms with E-state index in [1.54, 1.807) is 0 Å². The van der Waals surface area contributed by atoms with E-state index in [9.17, 15) is 0 Å². The molecule has 2 nitrogen and oxygen atoms in total. The third-order valence-electron chi connectivity index (χ3n) is 3.82. The zero-order valence-electron chi connectivity index (χ0n) is 11.3. The minimum absolute atomic E-state index is 0.440. The smallest absolute Gasteiger partial charge is 0.0622 e. The molecule has 0 amide bonds. The first-order chi connectivity index (χ1) is 7.56. The van der Waals surface area contributed by atoms with Gasteiger partial charge in [-0.3, -0.25) is 9.80 Å². The molecule has 2 aliphatic heterocycles. The first-order valence-corrected chi connectivity index (χ1v) is 7.04. The van der Waals surface area contributed by atoms with E-state index in [1.165, 1.54) is 58.3 Å². The average Bonchev–Trinajstić information content (AvgIpc) is 2.41. The highest BCUT2D eigenvalue weighted by atomic mass is 15.4. The van der Waals surface area contributed by atoms with Gasteiger partial charge in [-0.1, -0.05) is 33.6 Å². The van der Waals surface area contributed by atoms with Crippen molar-refractivity contribution < 1.29 is 0 Å². The van der Waals surface area contributed by atoms with Crippen LogP contribution in [0.15, 0.2) is 0 Å². The summed E-state index contributed by atoms with van der Waals surface area (Å²) in [5.74, 6) is 0.